The first-order valence-electron chi connectivity index (χ1n) is 7.82. The van der Waals surface area contributed by atoms with E-state index in [0.717, 1.165) is 35.7 Å². The summed E-state index contributed by atoms with van der Waals surface area (Å²) in [6.07, 6.45) is 0.934. The van der Waals surface area contributed by atoms with E-state index in [9.17, 15) is 0 Å². The van der Waals surface area contributed by atoms with Crippen molar-refractivity contribution in [2.75, 3.05) is 11.9 Å². The Balaban J connectivity index is 1.81. The van der Waals surface area contributed by atoms with Gasteiger partial charge in [-0.1, -0.05) is 29.8 Å². The molecular formula is C18H21N5. The van der Waals surface area contributed by atoms with Gasteiger partial charge in [0.15, 0.2) is 17.0 Å². The predicted octanol–water partition coefficient (Wildman–Crippen LogP) is 3.31. The molecule has 0 aliphatic rings. The normalized spacial score (nSPS) is 11.0. The molecule has 5 heteroatoms. The summed E-state index contributed by atoms with van der Waals surface area (Å²) in [5.74, 6) is 1.46. The third kappa shape index (κ3) is 3.44. The van der Waals surface area contributed by atoms with Crippen LogP contribution in [-0.4, -0.2) is 26.5 Å². The molecule has 0 aliphatic carbocycles. The number of benzene rings is 1. The van der Waals surface area contributed by atoms with Gasteiger partial charge in [-0.25, -0.2) is 19.9 Å². The fourth-order valence-electron chi connectivity index (χ4n) is 2.42. The zero-order valence-corrected chi connectivity index (χ0v) is 14.0. The van der Waals surface area contributed by atoms with Gasteiger partial charge in [-0.3, -0.25) is 0 Å². The van der Waals surface area contributed by atoms with Crippen molar-refractivity contribution in [1.29, 1.82) is 0 Å². The minimum Gasteiger partial charge on any atom is -0.368 e. The Kier molecular flexibility index (Phi) is 4.19. The molecule has 23 heavy (non-hydrogen) atoms. The van der Waals surface area contributed by atoms with Crippen LogP contribution in [0, 0.1) is 27.7 Å². The number of fused-ring (bicyclic) bond motifs is 1. The second-order valence-corrected chi connectivity index (χ2v) is 5.85. The predicted molar refractivity (Wildman–Crippen MR) is 92.7 cm³/mol. The molecule has 118 valence electrons. The molecule has 0 spiro atoms. The summed E-state index contributed by atoms with van der Waals surface area (Å²) in [7, 11) is 0. The number of rotatable bonds is 4. The van der Waals surface area contributed by atoms with Crippen molar-refractivity contribution in [2.45, 2.75) is 34.1 Å². The molecule has 1 N–H and O–H groups in total. The van der Waals surface area contributed by atoms with E-state index in [1.165, 1.54) is 11.1 Å². The number of nitrogens with one attached hydrogen (secondary N) is 1. The fraction of sp³-hybridized carbons (Fsp3) is 0.333. The number of nitrogens with zero attached hydrogens (tertiary/aromatic N) is 4. The van der Waals surface area contributed by atoms with Gasteiger partial charge in [-0.15, -0.1) is 0 Å². The van der Waals surface area contributed by atoms with Gasteiger partial charge >= 0.3 is 0 Å². The topological polar surface area (TPSA) is 63.6 Å². The Hall–Kier alpha value is -2.56. The van der Waals surface area contributed by atoms with Crippen molar-refractivity contribution < 1.29 is 0 Å². The van der Waals surface area contributed by atoms with E-state index in [-0.39, 0.29) is 0 Å². The molecular weight excluding hydrogens is 286 g/mol. The van der Waals surface area contributed by atoms with Gasteiger partial charge in [0.25, 0.3) is 0 Å². The summed E-state index contributed by atoms with van der Waals surface area (Å²) in [6, 6.07) is 8.59. The summed E-state index contributed by atoms with van der Waals surface area (Å²) in [5, 5.41) is 3.38. The highest BCUT2D eigenvalue weighted by Gasteiger charge is 2.10. The zero-order chi connectivity index (χ0) is 16.4. The Bertz CT molecular complexity index is 840. The summed E-state index contributed by atoms with van der Waals surface area (Å²) in [4.78, 5) is 18.0. The standard InChI is InChI=1S/C18H21N5/c1-11-5-7-15(8-6-11)9-10-19-17-16-18(23-14(4)22-17)21-13(3)12(2)20-16/h5-8H,9-10H2,1-4H3,(H,19,21,22,23). The van der Waals surface area contributed by atoms with E-state index in [1.54, 1.807) is 0 Å². The molecule has 0 saturated carbocycles. The third-order valence-corrected chi connectivity index (χ3v) is 3.88. The molecule has 0 bridgehead atoms. The van der Waals surface area contributed by atoms with Gasteiger partial charge in [0.1, 0.15) is 5.82 Å². The molecule has 5 nitrogen and oxygen atoms in total. The van der Waals surface area contributed by atoms with Crippen molar-refractivity contribution in [2.24, 2.45) is 0 Å². The molecule has 3 aromatic rings. The smallest absolute Gasteiger partial charge is 0.184 e. The molecule has 0 amide bonds. The van der Waals surface area contributed by atoms with E-state index in [1.807, 2.05) is 20.8 Å². The highest BCUT2D eigenvalue weighted by Crippen LogP contribution is 2.18. The molecule has 3 rings (SSSR count). The second-order valence-electron chi connectivity index (χ2n) is 5.85. The van der Waals surface area contributed by atoms with Crippen molar-refractivity contribution >= 4 is 17.0 Å². The van der Waals surface area contributed by atoms with Crippen LogP contribution in [-0.2, 0) is 6.42 Å². The van der Waals surface area contributed by atoms with Crippen LogP contribution in [0.2, 0.25) is 0 Å². The Morgan fingerprint density at radius 2 is 1.52 bits per heavy atom. The first kappa shape index (κ1) is 15.3. The van der Waals surface area contributed by atoms with Crippen molar-refractivity contribution in [3.8, 4) is 0 Å². The van der Waals surface area contributed by atoms with Crippen LogP contribution in [0.1, 0.15) is 28.3 Å². The van der Waals surface area contributed by atoms with Crippen LogP contribution in [0.5, 0.6) is 0 Å². The summed E-state index contributed by atoms with van der Waals surface area (Å²) in [5.41, 5.74) is 5.78. The van der Waals surface area contributed by atoms with Crippen LogP contribution in [0.25, 0.3) is 11.2 Å². The maximum absolute atomic E-state index is 4.60. The Labute approximate surface area is 136 Å². The van der Waals surface area contributed by atoms with Crippen LogP contribution in [0.4, 0.5) is 5.82 Å². The molecule has 2 aromatic heterocycles. The van der Waals surface area contributed by atoms with E-state index in [2.05, 4.69) is 56.4 Å². The lowest BCUT2D eigenvalue weighted by Crippen LogP contribution is -2.10. The maximum atomic E-state index is 4.60. The number of hydrogen-bond donors (Lipinski definition) is 1. The molecule has 0 atom stereocenters. The maximum Gasteiger partial charge on any atom is 0.184 e. The lowest BCUT2D eigenvalue weighted by Gasteiger charge is -2.10. The summed E-state index contributed by atoms with van der Waals surface area (Å²) < 4.78 is 0. The first-order chi connectivity index (χ1) is 11.0. The van der Waals surface area contributed by atoms with E-state index in [0.29, 0.717) is 11.5 Å². The van der Waals surface area contributed by atoms with E-state index < -0.39 is 0 Å². The van der Waals surface area contributed by atoms with E-state index in [4.69, 9.17) is 0 Å². The number of hydrogen-bond acceptors (Lipinski definition) is 5. The quantitative estimate of drug-likeness (QED) is 0.801. The van der Waals surface area contributed by atoms with Gasteiger partial charge in [0, 0.05) is 6.54 Å². The van der Waals surface area contributed by atoms with Gasteiger partial charge in [0.2, 0.25) is 0 Å². The molecule has 0 radical (unpaired) electrons. The molecule has 0 saturated heterocycles. The van der Waals surface area contributed by atoms with Crippen LogP contribution in [0.15, 0.2) is 24.3 Å². The van der Waals surface area contributed by atoms with Crippen LogP contribution < -0.4 is 5.32 Å². The number of aryl methyl sites for hydroxylation is 4. The average Bonchev–Trinajstić information content (AvgIpc) is 2.51. The molecule has 2 heterocycles. The SMILES string of the molecule is Cc1ccc(CCNc2nc(C)nc3nc(C)c(C)nc23)cc1. The molecule has 0 unspecified atom stereocenters. The largest absolute Gasteiger partial charge is 0.368 e. The molecule has 0 fully saturated rings. The fourth-order valence-corrected chi connectivity index (χ4v) is 2.42. The molecule has 1 aromatic carbocycles. The monoisotopic (exact) mass is 307 g/mol. The van der Waals surface area contributed by atoms with Gasteiger partial charge in [0.05, 0.1) is 11.4 Å². The summed E-state index contributed by atoms with van der Waals surface area (Å²) >= 11 is 0. The minimum absolute atomic E-state index is 0.651. The average molecular weight is 307 g/mol. The van der Waals surface area contributed by atoms with Crippen molar-refractivity contribution in [3.63, 3.8) is 0 Å². The van der Waals surface area contributed by atoms with Crippen molar-refractivity contribution in [3.05, 3.63) is 52.6 Å². The van der Waals surface area contributed by atoms with Crippen molar-refractivity contribution in [1.82, 2.24) is 19.9 Å². The van der Waals surface area contributed by atoms with Gasteiger partial charge in [-0.2, -0.15) is 0 Å². The van der Waals surface area contributed by atoms with Crippen LogP contribution in [0.3, 0.4) is 0 Å². The lowest BCUT2D eigenvalue weighted by molar-refractivity contribution is 0.975. The lowest BCUT2D eigenvalue weighted by atomic mass is 10.1. The zero-order valence-electron chi connectivity index (χ0n) is 14.0. The Morgan fingerprint density at radius 3 is 2.26 bits per heavy atom. The third-order valence-electron chi connectivity index (χ3n) is 3.88. The van der Waals surface area contributed by atoms with Gasteiger partial charge < -0.3 is 5.32 Å². The molecule has 0 aliphatic heterocycles. The number of aromatic nitrogens is 4. The second kappa shape index (κ2) is 6.28. The Morgan fingerprint density at radius 1 is 0.826 bits per heavy atom. The van der Waals surface area contributed by atoms with Crippen LogP contribution >= 0.6 is 0 Å². The highest BCUT2D eigenvalue weighted by atomic mass is 15.1. The number of anilines is 1. The first-order valence-corrected chi connectivity index (χ1v) is 7.82. The summed E-state index contributed by atoms with van der Waals surface area (Å²) in [6.45, 7) is 8.67. The highest BCUT2D eigenvalue weighted by molar-refractivity contribution is 5.82. The minimum atomic E-state index is 0.651. The van der Waals surface area contributed by atoms with E-state index >= 15 is 0 Å². The van der Waals surface area contributed by atoms with Gasteiger partial charge in [-0.05, 0) is 39.7 Å².